The molecule has 2 aromatic carbocycles. The fourth-order valence-electron chi connectivity index (χ4n) is 3.03. The molecule has 0 saturated carbocycles. The van der Waals surface area contributed by atoms with Crippen molar-refractivity contribution in [1.29, 1.82) is 0 Å². The average Bonchev–Trinajstić information content (AvgIpc) is 2.59. The molecule has 0 saturated heterocycles. The van der Waals surface area contributed by atoms with Crippen molar-refractivity contribution in [3.05, 3.63) is 65.7 Å². The van der Waals surface area contributed by atoms with E-state index in [0.29, 0.717) is 19.1 Å². The Hall–Kier alpha value is -1.55. The standard InChI is InChI=1S/C22H31NO2.ClH/c1-18(15-19-9-5-4-6-10-19)13-14-20-11-7-8-12-22(20)25-17-21(24)16-23(2)3;/h4-12,18,21,24H,13-17H2,1-3H3;1H. The van der Waals surface area contributed by atoms with E-state index in [-0.39, 0.29) is 12.4 Å². The van der Waals surface area contributed by atoms with Gasteiger partial charge in [-0.2, -0.15) is 0 Å². The van der Waals surface area contributed by atoms with Crippen molar-refractivity contribution in [3.8, 4) is 5.75 Å². The van der Waals surface area contributed by atoms with Crippen LogP contribution in [0, 0.1) is 5.92 Å². The van der Waals surface area contributed by atoms with Crippen molar-refractivity contribution in [1.82, 2.24) is 4.90 Å². The van der Waals surface area contributed by atoms with Crippen LogP contribution in [0.3, 0.4) is 0 Å². The number of aryl methyl sites for hydroxylation is 1. The first-order chi connectivity index (χ1) is 12.0. The van der Waals surface area contributed by atoms with E-state index < -0.39 is 6.10 Å². The lowest BCUT2D eigenvalue weighted by Gasteiger charge is -2.18. The van der Waals surface area contributed by atoms with Gasteiger partial charge in [0.1, 0.15) is 18.5 Å². The first-order valence-corrected chi connectivity index (χ1v) is 9.12. The molecule has 0 heterocycles. The van der Waals surface area contributed by atoms with Crippen molar-refractivity contribution in [2.75, 3.05) is 27.2 Å². The summed E-state index contributed by atoms with van der Waals surface area (Å²) in [7, 11) is 3.90. The third kappa shape index (κ3) is 8.22. The average molecular weight is 378 g/mol. The maximum Gasteiger partial charge on any atom is 0.122 e. The highest BCUT2D eigenvalue weighted by Gasteiger charge is 2.10. The largest absolute Gasteiger partial charge is 0.491 e. The van der Waals surface area contributed by atoms with Gasteiger partial charge in [-0.05, 0) is 56.5 Å². The zero-order chi connectivity index (χ0) is 18.1. The topological polar surface area (TPSA) is 32.7 Å². The minimum atomic E-state index is -0.472. The lowest BCUT2D eigenvalue weighted by Crippen LogP contribution is -2.30. The molecule has 144 valence electrons. The van der Waals surface area contributed by atoms with Gasteiger partial charge in [0.05, 0.1) is 0 Å². The van der Waals surface area contributed by atoms with Crippen LogP contribution in [0.15, 0.2) is 54.6 Å². The van der Waals surface area contributed by atoms with Crippen LogP contribution in [0.2, 0.25) is 0 Å². The van der Waals surface area contributed by atoms with Crippen LogP contribution >= 0.6 is 12.4 Å². The normalized spacial score (nSPS) is 13.1. The molecule has 2 rings (SSSR count). The molecule has 1 N–H and O–H groups in total. The van der Waals surface area contributed by atoms with E-state index in [9.17, 15) is 5.11 Å². The molecule has 3 nitrogen and oxygen atoms in total. The summed E-state index contributed by atoms with van der Waals surface area (Å²) >= 11 is 0. The molecule has 0 radical (unpaired) electrons. The van der Waals surface area contributed by atoms with Crippen molar-refractivity contribution in [2.45, 2.75) is 32.3 Å². The van der Waals surface area contributed by atoms with Crippen LogP contribution in [0.1, 0.15) is 24.5 Å². The Bertz CT molecular complexity index is 619. The minimum Gasteiger partial charge on any atom is -0.491 e. The molecule has 0 amide bonds. The molecule has 0 aliphatic heterocycles. The summed E-state index contributed by atoms with van der Waals surface area (Å²) in [4.78, 5) is 1.96. The quantitative estimate of drug-likeness (QED) is 0.672. The summed E-state index contributed by atoms with van der Waals surface area (Å²) in [6.45, 7) is 3.24. The van der Waals surface area contributed by atoms with E-state index in [1.165, 1.54) is 11.1 Å². The molecule has 0 fully saturated rings. The highest BCUT2D eigenvalue weighted by molar-refractivity contribution is 5.85. The summed E-state index contributed by atoms with van der Waals surface area (Å²) in [6.07, 6.45) is 2.74. The summed E-state index contributed by atoms with van der Waals surface area (Å²) in [5, 5.41) is 9.99. The zero-order valence-electron chi connectivity index (χ0n) is 16.1. The van der Waals surface area contributed by atoms with E-state index in [4.69, 9.17) is 4.74 Å². The molecule has 2 unspecified atom stereocenters. The van der Waals surface area contributed by atoms with Crippen LogP contribution in [-0.4, -0.2) is 43.4 Å². The number of aliphatic hydroxyl groups is 1. The maximum atomic E-state index is 9.99. The van der Waals surface area contributed by atoms with E-state index in [0.717, 1.165) is 25.0 Å². The third-order valence-corrected chi connectivity index (χ3v) is 4.31. The lowest BCUT2D eigenvalue weighted by atomic mass is 9.94. The Balaban J connectivity index is 0.00000338. The fourth-order valence-corrected chi connectivity index (χ4v) is 3.03. The molecule has 2 atom stereocenters. The molecule has 0 aliphatic carbocycles. The summed E-state index contributed by atoms with van der Waals surface area (Å²) in [6, 6.07) is 18.8. The SMILES string of the molecule is CC(CCc1ccccc1OCC(O)CN(C)C)Cc1ccccc1.Cl. The van der Waals surface area contributed by atoms with E-state index >= 15 is 0 Å². The molecule has 4 heteroatoms. The van der Waals surface area contributed by atoms with Gasteiger partial charge in [-0.3, -0.25) is 0 Å². The third-order valence-electron chi connectivity index (χ3n) is 4.31. The Kier molecular flexibility index (Phi) is 10.3. The summed E-state index contributed by atoms with van der Waals surface area (Å²) in [5.41, 5.74) is 2.62. The lowest BCUT2D eigenvalue weighted by molar-refractivity contribution is 0.0826. The molecule has 0 aromatic heterocycles. The Labute approximate surface area is 164 Å². The molecule has 0 aliphatic rings. The van der Waals surface area contributed by atoms with Gasteiger partial charge in [-0.1, -0.05) is 55.5 Å². The molecule has 26 heavy (non-hydrogen) atoms. The molecular formula is C22H32ClNO2. The first-order valence-electron chi connectivity index (χ1n) is 9.12. The number of halogens is 1. The maximum absolute atomic E-state index is 9.99. The number of aliphatic hydroxyl groups excluding tert-OH is 1. The zero-order valence-corrected chi connectivity index (χ0v) is 16.9. The van der Waals surface area contributed by atoms with Crippen LogP contribution in [0.25, 0.3) is 0 Å². The van der Waals surface area contributed by atoms with E-state index in [1.54, 1.807) is 0 Å². The van der Waals surface area contributed by atoms with Crippen molar-refractivity contribution in [2.24, 2.45) is 5.92 Å². The predicted molar refractivity (Wildman–Crippen MR) is 111 cm³/mol. The fraction of sp³-hybridized carbons (Fsp3) is 0.455. The highest BCUT2D eigenvalue weighted by atomic mass is 35.5. The number of hydrogen-bond donors (Lipinski definition) is 1. The first kappa shape index (κ1) is 22.5. The van der Waals surface area contributed by atoms with Gasteiger partial charge in [0.15, 0.2) is 0 Å². The number of rotatable bonds is 10. The molecule has 0 bridgehead atoms. The number of likely N-dealkylation sites (N-methyl/N-ethyl adjacent to an activating group) is 1. The summed E-state index contributed by atoms with van der Waals surface area (Å²) in [5.74, 6) is 1.52. The molecule has 2 aromatic rings. The monoisotopic (exact) mass is 377 g/mol. The van der Waals surface area contributed by atoms with Crippen molar-refractivity contribution >= 4 is 12.4 Å². The van der Waals surface area contributed by atoms with Crippen LogP contribution in [0.4, 0.5) is 0 Å². The predicted octanol–water partition coefficient (Wildman–Crippen LogP) is 4.22. The van der Waals surface area contributed by atoms with E-state index in [1.807, 2.05) is 31.1 Å². The Morgan fingerprint density at radius 1 is 1.00 bits per heavy atom. The van der Waals surface area contributed by atoms with Gasteiger partial charge in [-0.25, -0.2) is 0 Å². The second-order valence-corrected chi connectivity index (χ2v) is 7.17. The number of nitrogens with zero attached hydrogens (tertiary/aromatic N) is 1. The van der Waals surface area contributed by atoms with Gasteiger partial charge >= 0.3 is 0 Å². The number of ether oxygens (including phenoxy) is 1. The number of benzene rings is 2. The van der Waals surface area contributed by atoms with E-state index in [2.05, 4.69) is 49.4 Å². The van der Waals surface area contributed by atoms with Crippen LogP contribution in [-0.2, 0) is 12.8 Å². The van der Waals surface area contributed by atoms with Crippen molar-refractivity contribution < 1.29 is 9.84 Å². The Morgan fingerprint density at radius 2 is 1.65 bits per heavy atom. The number of hydrogen-bond acceptors (Lipinski definition) is 3. The Morgan fingerprint density at radius 3 is 2.35 bits per heavy atom. The van der Waals surface area contributed by atoms with Gasteiger partial charge in [0.25, 0.3) is 0 Å². The summed E-state index contributed by atoms with van der Waals surface area (Å²) < 4.78 is 5.87. The van der Waals surface area contributed by atoms with Gasteiger partial charge in [0.2, 0.25) is 0 Å². The number of para-hydroxylation sites is 1. The molecular weight excluding hydrogens is 346 g/mol. The van der Waals surface area contributed by atoms with Crippen molar-refractivity contribution in [3.63, 3.8) is 0 Å². The van der Waals surface area contributed by atoms with Crippen LogP contribution in [0.5, 0.6) is 5.75 Å². The highest BCUT2D eigenvalue weighted by Crippen LogP contribution is 2.22. The van der Waals surface area contributed by atoms with Gasteiger partial charge in [-0.15, -0.1) is 12.4 Å². The van der Waals surface area contributed by atoms with Gasteiger partial charge < -0.3 is 14.7 Å². The molecule has 0 spiro atoms. The second kappa shape index (κ2) is 11.9. The van der Waals surface area contributed by atoms with Crippen LogP contribution < -0.4 is 4.74 Å². The van der Waals surface area contributed by atoms with Gasteiger partial charge in [0, 0.05) is 6.54 Å². The minimum absolute atomic E-state index is 0. The second-order valence-electron chi connectivity index (χ2n) is 7.17. The smallest absolute Gasteiger partial charge is 0.122 e.